The van der Waals surface area contributed by atoms with Crippen molar-refractivity contribution >= 4 is 15.9 Å². The van der Waals surface area contributed by atoms with E-state index in [1.165, 1.54) is 24.3 Å². The molecule has 1 aliphatic carbocycles. The third kappa shape index (κ3) is 4.55. The smallest absolute Gasteiger partial charge is 0.251 e. The summed E-state index contributed by atoms with van der Waals surface area (Å²) in [6, 6.07) is 5.62. The van der Waals surface area contributed by atoms with Crippen LogP contribution in [0.3, 0.4) is 0 Å². The van der Waals surface area contributed by atoms with Gasteiger partial charge >= 0.3 is 0 Å². The van der Waals surface area contributed by atoms with Crippen LogP contribution >= 0.6 is 0 Å². The number of hydrogen-bond donors (Lipinski definition) is 3. The molecule has 1 fully saturated rings. The molecule has 0 unspecified atom stereocenters. The van der Waals surface area contributed by atoms with Crippen LogP contribution in [-0.4, -0.2) is 38.6 Å². The van der Waals surface area contributed by atoms with Crippen molar-refractivity contribution in [1.29, 1.82) is 0 Å². The number of amides is 1. The quantitative estimate of drug-likeness (QED) is 0.659. The van der Waals surface area contributed by atoms with E-state index in [1.54, 1.807) is 0 Å². The molecule has 1 aliphatic rings. The molecule has 0 bridgehead atoms. The average molecular weight is 336 g/mol. The van der Waals surface area contributed by atoms with E-state index in [4.69, 9.17) is 6.42 Å². The number of carbonyl (C=O) groups is 1. The molecule has 0 spiro atoms. The van der Waals surface area contributed by atoms with Crippen LogP contribution in [0.2, 0.25) is 0 Å². The van der Waals surface area contributed by atoms with Gasteiger partial charge in [0.1, 0.15) is 0 Å². The number of hydrogen-bond acceptors (Lipinski definition) is 4. The number of rotatable bonds is 6. The van der Waals surface area contributed by atoms with Crippen LogP contribution in [0, 0.1) is 18.3 Å². The van der Waals surface area contributed by atoms with Crippen molar-refractivity contribution in [2.45, 2.75) is 30.3 Å². The van der Waals surface area contributed by atoms with Crippen LogP contribution in [-0.2, 0) is 10.0 Å². The molecule has 1 aromatic carbocycles. The molecule has 2 rings (SSSR count). The molecule has 0 heterocycles. The predicted octanol–water partition coefficient (Wildman–Crippen LogP) is 0.489. The van der Waals surface area contributed by atoms with Crippen molar-refractivity contribution in [1.82, 2.24) is 10.0 Å². The van der Waals surface area contributed by atoms with E-state index in [-0.39, 0.29) is 29.4 Å². The molecule has 3 N–H and O–H groups in total. The molecule has 1 saturated carbocycles. The highest BCUT2D eigenvalue weighted by Gasteiger charge is 2.25. The van der Waals surface area contributed by atoms with Crippen LogP contribution < -0.4 is 10.0 Å². The second-order valence-corrected chi connectivity index (χ2v) is 7.29. The Balaban J connectivity index is 1.96. The Bertz CT molecular complexity index is 692. The summed E-state index contributed by atoms with van der Waals surface area (Å²) in [6.07, 6.45) is 7.32. The van der Waals surface area contributed by atoms with E-state index < -0.39 is 10.0 Å². The van der Waals surface area contributed by atoms with E-state index in [0.717, 1.165) is 19.3 Å². The lowest BCUT2D eigenvalue weighted by Crippen LogP contribution is -2.32. The van der Waals surface area contributed by atoms with Gasteiger partial charge in [-0.05, 0) is 37.1 Å². The van der Waals surface area contributed by atoms with Crippen molar-refractivity contribution in [2.75, 3.05) is 13.1 Å². The minimum atomic E-state index is -3.65. The molecule has 0 aliphatic heterocycles. The molecule has 124 valence electrons. The minimum Gasteiger partial charge on any atom is -0.393 e. The van der Waals surface area contributed by atoms with Gasteiger partial charge in [-0.1, -0.05) is 12.3 Å². The molecule has 6 nitrogen and oxygen atoms in total. The van der Waals surface area contributed by atoms with E-state index >= 15 is 0 Å². The lowest BCUT2D eigenvalue weighted by Gasteiger charge is -2.15. The van der Waals surface area contributed by atoms with Gasteiger partial charge in [-0.15, -0.1) is 6.42 Å². The normalized spacial score (nSPS) is 20.9. The minimum absolute atomic E-state index is 0.0514. The molecule has 0 radical (unpaired) electrons. The lowest BCUT2D eigenvalue weighted by atomic mass is 10.1. The molecule has 1 aromatic rings. The van der Waals surface area contributed by atoms with Gasteiger partial charge < -0.3 is 10.4 Å². The number of aliphatic hydroxyl groups is 1. The van der Waals surface area contributed by atoms with Crippen molar-refractivity contribution in [3.63, 3.8) is 0 Å². The zero-order valence-corrected chi connectivity index (χ0v) is 13.5. The largest absolute Gasteiger partial charge is 0.393 e. The van der Waals surface area contributed by atoms with Gasteiger partial charge in [-0.3, -0.25) is 4.79 Å². The van der Waals surface area contributed by atoms with Crippen LogP contribution in [0.1, 0.15) is 29.6 Å². The Morgan fingerprint density at radius 2 is 2.00 bits per heavy atom. The zero-order chi connectivity index (χ0) is 16.9. The van der Waals surface area contributed by atoms with Crippen LogP contribution in [0.4, 0.5) is 0 Å². The number of benzene rings is 1. The first-order chi connectivity index (χ1) is 10.9. The van der Waals surface area contributed by atoms with E-state index in [2.05, 4.69) is 16.0 Å². The van der Waals surface area contributed by atoms with Gasteiger partial charge in [-0.2, -0.15) is 4.72 Å². The van der Waals surface area contributed by atoms with Gasteiger partial charge in [0.05, 0.1) is 17.5 Å². The topological polar surface area (TPSA) is 95.5 Å². The number of nitrogens with one attached hydrogen (secondary N) is 2. The first kappa shape index (κ1) is 17.5. The fraction of sp³-hybridized carbons (Fsp3) is 0.438. The van der Waals surface area contributed by atoms with Gasteiger partial charge in [0, 0.05) is 18.0 Å². The summed E-state index contributed by atoms with van der Waals surface area (Å²) >= 11 is 0. The van der Waals surface area contributed by atoms with Gasteiger partial charge in [-0.25, -0.2) is 8.42 Å². The average Bonchev–Trinajstić information content (AvgIpc) is 2.96. The lowest BCUT2D eigenvalue weighted by molar-refractivity contribution is 0.0916. The molecular formula is C16H20N2O4S. The Morgan fingerprint density at radius 3 is 2.57 bits per heavy atom. The molecule has 1 amide bonds. The maximum Gasteiger partial charge on any atom is 0.251 e. The number of aliphatic hydroxyl groups excluding tert-OH is 1. The highest BCUT2D eigenvalue weighted by Crippen LogP contribution is 2.24. The van der Waals surface area contributed by atoms with Crippen molar-refractivity contribution < 1.29 is 18.3 Å². The van der Waals surface area contributed by atoms with Crippen LogP contribution in [0.15, 0.2) is 29.2 Å². The van der Waals surface area contributed by atoms with E-state index in [1.807, 2.05) is 0 Å². The SMILES string of the molecule is C#CCNS(=O)(=O)c1ccc(C(=O)NC[C@@H]2CCC[C@@H]2O)cc1. The number of terminal acetylenes is 1. The first-order valence-corrected chi connectivity index (χ1v) is 8.92. The Labute approximate surface area is 136 Å². The second-order valence-electron chi connectivity index (χ2n) is 5.52. The van der Waals surface area contributed by atoms with Crippen molar-refractivity contribution in [3.05, 3.63) is 29.8 Å². The second kappa shape index (κ2) is 7.59. The summed E-state index contributed by atoms with van der Waals surface area (Å²) < 4.78 is 26.0. The number of sulfonamides is 1. The van der Waals surface area contributed by atoms with Crippen molar-refractivity contribution in [3.8, 4) is 12.3 Å². The van der Waals surface area contributed by atoms with E-state index in [0.29, 0.717) is 12.1 Å². The van der Waals surface area contributed by atoms with Gasteiger partial charge in [0.15, 0.2) is 0 Å². The highest BCUT2D eigenvalue weighted by atomic mass is 32.2. The fourth-order valence-corrected chi connectivity index (χ4v) is 3.52. The summed E-state index contributed by atoms with van der Waals surface area (Å²) in [5.74, 6) is 2.00. The fourth-order valence-electron chi connectivity index (χ4n) is 2.59. The molecule has 23 heavy (non-hydrogen) atoms. The summed E-state index contributed by atoms with van der Waals surface area (Å²) in [4.78, 5) is 12.1. The summed E-state index contributed by atoms with van der Waals surface area (Å²) in [7, 11) is -3.65. The van der Waals surface area contributed by atoms with E-state index in [9.17, 15) is 18.3 Å². The molecule has 2 atom stereocenters. The van der Waals surface area contributed by atoms with Crippen LogP contribution in [0.25, 0.3) is 0 Å². The molecule has 0 saturated heterocycles. The zero-order valence-electron chi connectivity index (χ0n) is 12.7. The van der Waals surface area contributed by atoms with Crippen molar-refractivity contribution in [2.24, 2.45) is 5.92 Å². The molecule has 0 aromatic heterocycles. The Kier molecular flexibility index (Phi) is 5.77. The standard InChI is InChI=1S/C16H20N2O4S/c1-2-10-18-23(21,22)14-8-6-12(7-9-14)16(20)17-11-13-4-3-5-15(13)19/h1,6-9,13,15,18-19H,3-5,10-11H2,(H,17,20)/t13-,15-/m0/s1. The van der Waals surface area contributed by atoms with Gasteiger partial charge in [0.25, 0.3) is 5.91 Å². The molecular weight excluding hydrogens is 316 g/mol. The van der Waals surface area contributed by atoms with Crippen LogP contribution in [0.5, 0.6) is 0 Å². The summed E-state index contributed by atoms with van der Waals surface area (Å²) in [5, 5.41) is 12.5. The third-order valence-corrected chi connectivity index (χ3v) is 5.35. The summed E-state index contributed by atoms with van der Waals surface area (Å²) in [6.45, 7) is 0.331. The molecule has 7 heteroatoms. The number of carbonyl (C=O) groups excluding carboxylic acids is 1. The Morgan fingerprint density at radius 1 is 1.30 bits per heavy atom. The first-order valence-electron chi connectivity index (χ1n) is 7.43. The maximum atomic E-state index is 12.1. The Hall–Kier alpha value is -1.88. The summed E-state index contributed by atoms with van der Waals surface area (Å²) in [5.41, 5.74) is 0.369. The van der Waals surface area contributed by atoms with Gasteiger partial charge in [0.2, 0.25) is 10.0 Å². The monoisotopic (exact) mass is 336 g/mol. The maximum absolute atomic E-state index is 12.1. The predicted molar refractivity (Wildman–Crippen MR) is 86.1 cm³/mol. The third-order valence-electron chi connectivity index (χ3n) is 3.93. The highest BCUT2D eigenvalue weighted by molar-refractivity contribution is 7.89.